The van der Waals surface area contributed by atoms with Crippen molar-refractivity contribution in [3.63, 3.8) is 0 Å². The second kappa shape index (κ2) is 7.44. The smallest absolute Gasteiger partial charge is 0.224 e. The van der Waals surface area contributed by atoms with Crippen LogP contribution in [0.1, 0.15) is 63.1 Å². The standard InChI is InChI=1S/C17H26N2O/c1-3-6-15(18-11-4-2)14-9-10-16-13(12-14)7-5-8-17(20)19-16/h9-10,12,15,18H,3-8,11H2,1-2H3,(H,19,20). The van der Waals surface area contributed by atoms with Crippen molar-refractivity contribution in [1.29, 1.82) is 0 Å². The van der Waals surface area contributed by atoms with Crippen molar-refractivity contribution in [2.75, 3.05) is 11.9 Å². The zero-order valence-corrected chi connectivity index (χ0v) is 12.7. The number of fused-ring (bicyclic) bond motifs is 1. The van der Waals surface area contributed by atoms with E-state index in [1.165, 1.54) is 17.5 Å². The zero-order valence-electron chi connectivity index (χ0n) is 12.7. The molecular formula is C17H26N2O. The van der Waals surface area contributed by atoms with E-state index < -0.39 is 0 Å². The van der Waals surface area contributed by atoms with E-state index in [-0.39, 0.29) is 5.91 Å². The molecule has 1 aromatic carbocycles. The van der Waals surface area contributed by atoms with Gasteiger partial charge in [0, 0.05) is 18.2 Å². The van der Waals surface area contributed by atoms with Gasteiger partial charge in [-0.2, -0.15) is 0 Å². The molecule has 0 aliphatic carbocycles. The van der Waals surface area contributed by atoms with Gasteiger partial charge in [0.25, 0.3) is 0 Å². The molecule has 3 heteroatoms. The molecule has 0 spiro atoms. The summed E-state index contributed by atoms with van der Waals surface area (Å²) < 4.78 is 0. The molecule has 2 rings (SSSR count). The summed E-state index contributed by atoms with van der Waals surface area (Å²) in [6, 6.07) is 6.95. The monoisotopic (exact) mass is 274 g/mol. The third-order valence-electron chi connectivity index (χ3n) is 3.87. The van der Waals surface area contributed by atoms with Crippen LogP contribution >= 0.6 is 0 Å². The maximum Gasteiger partial charge on any atom is 0.224 e. The lowest BCUT2D eigenvalue weighted by molar-refractivity contribution is -0.116. The summed E-state index contributed by atoms with van der Waals surface area (Å²) in [5, 5.41) is 6.63. The van der Waals surface area contributed by atoms with Gasteiger partial charge in [-0.05, 0) is 49.4 Å². The van der Waals surface area contributed by atoms with Gasteiger partial charge in [0.1, 0.15) is 0 Å². The summed E-state index contributed by atoms with van der Waals surface area (Å²) >= 11 is 0. The lowest BCUT2D eigenvalue weighted by Gasteiger charge is -2.20. The van der Waals surface area contributed by atoms with Crippen LogP contribution in [0.5, 0.6) is 0 Å². The predicted molar refractivity (Wildman–Crippen MR) is 84.0 cm³/mol. The fourth-order valence-electron chi connectivity index (χ4n) is 2.81. The van der Waals surface area contributed by atoms with E-state index in [1.54, 1.807) is 0 Å². The van der Waals surface area contributed by atoms with Crippen molar-refractivity contribution in [2.24, 2.45) is 0 Å². The van der Waals surface area contributed by atoms with E-state index >= 15 is 0 Å². The minimum atomic E-state index is 0.144. The molecule has 0 radical (unpaired) electrons. The highest BCUT2D eigenvalue weighted by Crippen LogP contribution is 2.27. The number of rotatable bonds is 6. The third kappa shape index (κ3) is 3.83. The molecule has 1 aliphatic rings. The molecule has 0 fully saturated rings. The van der Waals surface area contributed by atoms with Crippen LogP contribution in [-0.4, -0.2) is 12.5 Å². The predicted octanol–water partition coefficient (Wildman–Crippen LogP) is 3.80. The van der Waals surface area contributed by atoms with Gasteiger partial charge in [-0.1, -0.05) is 32.4 Å². The van der Waals surface area contributed by atoms with Crippen molar-refractivity contribution < 1.29 is 4.79 Å². The minimum absolute atomic E-state index is 0.144. The van der Waals surface area contributed by atoms with E-state index in [2.05, 4.69) is 42.7 Å². The maximum absolute atomic E-state index is 11.6. The zero-order chi connectivity index (χ0) is 14.4. The molecule has 1 amide bonds. The number of carbonyl (C=O) groups is 1. The Bertz CT molecular complexity index is 456. The van der Waals surface area contributed by atoms with Crippen molar-refractivity contribution in [3.8, 4) is 0 Å². The molecule has 1 unspecified atom stereocenters. The summed E-state index contributed by atoms with van der Waals surface area (Å²) in [6.45, 7) is 5.48. The molecule has 20 heavy (non-hydrogen) atoms. The minimum Gasteiger partial charge on any atom is -0.326 e. The van der Waals surface area contributed by atoms with Crippen LogP contribution in [0, 0.1) is 0 Å². The number of amides is 1. The summed E-state index contributed by atoms with van der Waals surface area (Å²) in [5.41, 5.74) is 3.64. The van der Waals surface area contributed by atoms with Crippen molar-refractivity contribution >= 4 is 11.6 Å². The van der Waals surface area contributed by atoms with Gasteiger partial charge < -0.3 is 10.6 Å². The van der Waals surface area contributed by atoms with Crippen molar-refractivity contribution in [2.45, 2.75) is 58.4 Å². The molecule has 1 heterocycles. The molecule has 3 nitrogen and oxygen atoms in total. The summed E-state index contributed by atoms with van der Waals surface area (Å²) in [5.74, 6) is 0.144. The normalized spacial score (nSPS) is 16.2. The Hall–Kier alpha value is -1.35. The van der Waals surface area contributed by atoms with E-state index in [0.717, 1.165) is 37.9 Å². The van der Waals surface area contributed by atoms with Crippen LogP contribution < -0.4 is 10.6 Å². The Morgan fingerprint density at radius 3 is 2.85 bits per heavy atom. The maximum atomic E-state index is 11.6. The fraction of sp³-hybridized carbons (Fsp3) is 0.588. The molecule has 1 aliphatic heterocycles. The van der Waals surface area contributed by atoms with Gasteiger partial charge in [-0.15, -0.1) is 0 Å². The van der Waals surface area contributed by atoms with Gasteiger partial charge in [0.15, 0.2) is 0 Å². The summed E-state index contributed by atoms with van der Waals surface area (Å²) in [4.78, 5) is 11.6. The van der Waals surface area contributed by atoms with Crippen LogP contribution in [0.3, 0.4) is 0 Å². The second-order valence-corrected chi connectivity index (χ2v) is 5.61. The first-order chi connectivity index (χ1) is 9.74. The quantitative estimate of drug-likeness (QED) is 0.828. The Balaban J connectivity index is 2.19. The molecule has 0 aromatic heterocycles. The van der Waals surface area contributed by atoms with E-state index in [1.807, 2.05) is 0 Å². The lowest BCUT2D eigenvalue weighted by atomic mass is 9.97. The SMILES string of the molecule is CCCNC(CCC)c1ccc2c(c1)CCCC(=O)N2. The highest BCUT2D eigenvalue weighted by Gasteiger charge is 2.16. The average molecular weight is 274 g/mol. The molecule has 0 saturated carbocycles. The summed E-state index contributed by atoms with van der Waals surface area (Å²) in [7, 11) is 0. The first-order valence-electron chi connectivity index (χ1n) is 7.90. The number of anilines is 1. The molecular weight excluding hydrogens is 248 g/mol. The largest absolute Gasteiger partial charge is 0.326 e. The lowest BCUT2D eigenvalue weighted by Crippen LogP contribution is -2.22. The number of nitrogens with one attached hydrogen (secondary N) is 2. The van der Waals surface area contributed by atoms with Crippen LogP contribution in [0.15, 0.2) is 18.2 Å². The Kier molecular flexibility index (Phi) is 5.60. The Morgan fingerprint density at radius 1 is 1.25 bits per heavy atom. The number of aryl methyl sites for hydroxylation is 1. The van der Waals surface area contributed by atoms with E-state index in [9.17, 15) is 4.79 Å². The van der Waals surface area contributed by atoms with Crippen molar-refractivity contribution in [3.05, 3.63) is 29.3 Å². The van der Waals surface area contributed by atoms with Crippen LogP contribution in [0.25, 0.3) is 0 Å². The molecule has 2 N–H and O–H groups in total. The average Bonchev–Trinajstić information content (AvgIpc) is 2.63. The van der Waals surface area contributed by atoms with Gasteiger partial charge in [0.2, 0.25) is 5.91 Å². The summed E-state index contributed by atoms with van der Waals surface area (Å²) in [6.07, 6.45) is 6.07. The van der Waals surface area contributed by atoms with Crippen LogP contribution in [-0.2, 0) is 11.2 Å². The van der Waals surface area contributed by atoms with Crippen LogP contribution in [0.2, 0.25) is 0 Å². The fourth-order valence-corrected chi connectivity index (χ4v) is 2.81. The first kappa shape index (κ1) is 15.0. The Morgan fingerprint density at radius 2 is 2.10 bits per heavy atom. The molecule has 1 aromatic rings. The topological polar surface area (TPSA) is 41.1 Å². The van der Waals surface area contributed by atoms with E-state index in [4.69, 9.17) is 0 Å². The molecule has 0 saturated heterocycles. The highest BCUT2D eigenvalue weighted by atomic mass is 16.1. The van der Waals surface area contributed by atoms with Gasteiger partial charge in [-0.25, -0.2) is 0 Å². The molecule has 110 valence electrons. The first-order valence-corrected chi connectivity index (χ1v) is 7.90. The second-order valence-electron chi connectivity index (χ2n) is 5.61. The number of hydrogen-bond acceptors (Lipinski definition) is 2. The Labute approximate surface area is 122 Å². The number of hydrogen-bond donors (Lipinski definition) is 2. The number of benzene rings is 1. The highest BCUT2D eigenvalue weighted by molar-refractivity contribution is 5.92. The third-order valence-corrected chi connectivity index (χ3v) is 3.87. The van der Waals surface area contributed by atoms with Crippen molar-refractivity contribution in [1.82, 2.24) is 5.32 Å². The van der Waals surface area contributed by atoms with E-state index in [0.29, 0.717) is 12.5 Å². The molecule has 0 bridgehead atoms. The van der Waals surface area contributed by atoms with Gasteiger partial charge >= 0.3 is 0 Å². The van der Waals surface area contributed by atoms with Crippen LogP contribution in [0.4, 0.5) is 5.69 Å². The molecule has 1 atom stereocenters. The number of carbonyl (C=O) groups excluding carboxylic acids is 1. The van der Waals surface area contributed by atoms with Gasteiger partial charge in [0.05, 0.1) is 0 Å². The van der Waals surface area contributed by atoms with Gasteiger partial charge in [-0.3, -0.25) is 4.79 Å².